The van der Waals surface area contributed by atoms with Gasteiger partial charge in [-0.05, 0) is 36.0 Å². The second-order valence-corrected chi connectivity index (χ2v) is 8.03. The van der Waals surface area contributed by atoms with Crippen molar-refractivity contribution in [2.75, 3.05) is 13.1 Å². The number of rotatable bonds is 7. The Morgan fingerprint density at radius 2 is 1.97 bits per heavy atom. The number of nitrogens with one attached hydrogen (secondary N) is 1. The molecule has 10 nitrogen and oxygen atoms in total. The molecule has 1 aliphatic rings. The molecular formula is C22H16FN5O5S. The van der Waals surface area contributed by atoms with Gasteiger partial charge in [0.15, 0.2) is 5.69 Å². The maximum Gasteiger partial charge on any atom is 0.293 e. The van der Waals surface area contributed by atoms with Crippen LogP contribution >= 0.6 is 11.8 Å². The largest absolute Gasteiger partial charge is 0.349 e. The lowest BCUT2D eigenvalue weighted by molar-refractivity contribution is -0.384. The van der Waals surface area contributed by atoms with Gasteiger partial charge in [0.1, 0.15) is 5.82 Å². The third kappa shape index (κ3) is 4.86. The van der Waals surface area contributed by atoms with E-state index in [2.05, 4.69) is 10.4 Å². The molecule has 4 rings (SSSR count). The number of non-ortho nitro benzene ring substituents is 1. The Morgan fingerprint density at radius 3 is 2.74 bits per heavy atom. The summed E-state index contributed by atoms with van der Waals surface area (Å²) in [5.74, 6) is -1.62. The fraction of sp³-hybridized carbons (Fsp3) is 0.0909. The second kappa shape index (κ2) is 9.67. The minimum Gasteiger partial charge on any atom is -0.349 e. The van der Waals surface area contributed by atoms with E-state index in [1.54, 1.807) is 12.1 Å². The summed E-state index contributed by atoms with van der Waals surface area (Å²) in [6, 6.07) is 13.1. The van der Waals surface area contributed by atoms with Gasteiger partial charge in [-0.2, -0.15) is 5.10 Å². The molecule has 1 aromatic heterocycles. The average molecular weight is 481 g/mol. The van der Waals surface area contributed by atoms with Crippen LogP contribution in [-0.4, -0.2) is 49.7 Å². The Morgan fingerprint density at radius 1 is 1.18 bits per heavy atom. The van der Waals surface area contributed by atoms with Gasteiger partial charge in [0, 0.05) is 37.0 Å². The summed E-state index contributed by atoms with van der Waals surface area (Å²) in [5.41, 5.74) is 0.550. The lowest BCUT2D eigenvalue weighted by Gasteiger charge is -2.12. The molecule has 0 saturated carbocycles. The number of aromatic nitrogens is 2. The van der Waals surface area contributed by atoms with E-state index in [0.29, 0.717) is 17.4 Å². The van der Waals surface area contributed by atoms with Crippen molar-refractivity contribution in [3.8, 4) is 5.69 Å². The van der Waals surface area contributed by atoms with Gasteiger partial charge < -0.3 is 5.32 Å². The number of nitro benzene ring substituents is 1. The average Bonchev–Trinajstić information content (AvgIpc) is 3.42. The van der Waals surface area contributed by atoms with Gasteiger partial charge in [0.25, 0.3) is 22.7 Å². The molecule has 172 valence electrons. The van der Waals surface area contributed by atoms with Crippen LogP contribution in [0.15, 0.2) is 65.7 Å². The number of amides is 3. The van der Waals surface area contributed by atoms with Crippen molar-refractivity contribution in [1.82, 2.24) is 20.0 Å². The fourth-order valence-electron chi connectivity index (χ4n) is 3.14. The quantitative estimate of drug-likeness (QED) is 0.311. The number of hydrogen-bond acceptors (Lipinski definition) is 7. The van der Waals surface area contributed by atoms with Crippen molar-refractivity contribution >= 4 is 40.6 Å². The standard InChI is InChI=1S/C22H16FN5O5S/c23-17-7-2-1-4-14(17)12-19-21(30)26(22(31)34-19)11-9-24-20(29)18-8-10-27(25-18)15-5-3-6-16(13-15)28(32)33/h1-8,10,12-13H,9,11H2,(H,24,29)/b19-12-. The maximum atomic E-state index is 13.8. The van der Waals surface area contributed by atoms with E-state index in [0.717, 1.165) is 4.90 Å². The second-order valence-electron chi connectivity index (χ2n) is 7.03. The molecule has 3 amide bonds. The van der Waals surface area contributed by atoms with Gasteiger partial charge >= 0.3 is 0 Å². The number of thioether (sulfide) groups is 1. The van der Waals surface area contributed by atoms with Crippen LogP contribution < -0.4 is 5.32 Å². The molecule has 0 atom stereocenters. The molecular weight excluding hydrogens is 465 g/mol. The van der Waals surface area contributed by atoms with E-state index in [4.69, 9.17) is 0 Å². The van der Waals surface area contributed by atoms with Crippen LogP contribution in [0.25, 0.3) is 11.8 Å². The zero-order valence-corrected chi connectivity index (χ0v) is 18.2. The van der Waals surface area contributed by atoms with Crippen molar-refractivity contribution in [3.63, 3.8) is 0 Å². The number of hydrogen-bond donors (Lipinski definition) is 1. The molecule has 3 aromatic rings. The van der Waals surface area contributed by atoms with Gasteiger partial charge in [-0.25, -0.2) is 9.07 Å². The summed E-state index contributed by atoms with van der Waals surface area (Å²) in [4.78, 5) is 48.6. The highest BCUT2D eigenvalue weighted by Gasteiger charge is 2.34. The first-order valence-corrected chi connectivity index (χ1v) is 10.7. The summed E-state index contributed by atoms with van der Waals surface area (Å²) in [5, 5.41) is 17.1. The molecule has 1 aliphatic heterocycles. The van der Waals surface area contributed by atoms with Gasteiger partial charge in [0.05, 0.1) is 15.5 Å². The number of nitrogens with zero attached hydrogens (tertiary/aromatic N) is 4. The molecule has 1 N–H and O–H groups in total. The molecule has 1 fully saturated rings. The first kappa shape index (κ1) is 22.9. The van der Waals surface area contributed by atoms with Crippen molar-refractivity contribution in [2.45, 2.75) is 0 Å². The molecule has 0 radical (unpaired) electrons. The van der Waals surface area contributed by atoms with Gasteiger partial charge in [0.2, 0.25) is 0 Å². The molecule has 1 saturated heterocycles. The number of halogens is 1. The zero-order chi connectivity index (χ0) is 24.2. The van der Waals surface area contributed by atoms with Crippen LogP contribution in [0.2, 0.25) is 0 Å². The number of carbonyl (C=O) groups excluding carboxylic acids is 3. The van der Waals surface area contributed by atoms with Crippen LogP contribution in [0.3, 0.4) is 0 Å². The fourth-order valence-corrected chi connectivity index (χ4v) is 3.99. The third-order valence-corrected chi connectivity index (χ3v) is 5.72. The van der Waals surface area contributed by atoms with Crippen molar-refractivity contribution < 1.29 is 23.7 Å². The molecule has 2 aromatic carbocycles. The highest BCUT2D eigenvalue weighted by molar-refractivity contribution is 8.18. The molecule has 12 heteroatoms. The van der Waals surface area contributed by atoms with Crippen LogP contribution in [0, 0.1) is 15.9 Å². The monoisotopic (exact) mass is 481 g/mol. The van der Waals surface area contributed by atoms with E-state index in [9.17, 15) is 28.9 Å². The molecule has 0 aliphatic carbocycles. The van der Waals surface area contributed by atoms with Crippen LogP contribution in [0.1, 0.15) is 16.1 Å². The lowest BCUT2D eigenvalue weighted by Crippen LogP contribution is -2.37. The van der Waals surface area contributed by atoms with Gasteiger partial charge in [-0.3, -0.25) is 29.4 Å². The van der Waals surface area contributed by atoms with Crippen molar-refractivity contribution in [2.24, 2.45) is 0 Å². The molecule has 0 unspecified atom stereocenters. The molecule has 34 heavy (non-hydrogen) atoms. The number of nitro groups is 1. The first-order valence-electron chi connectivity index (χ1n) is 9.92. The summed E-state index contributed by atoms with van der Waals surface area (Å²) in [6.07, 6.45) is 2.80. The minimum absolute atomic E-state index is 0.0203. The van der Waals surface area contributed by atoms with E-state index >= 15 is 0 Å². The number of imide groups is 1. The summed E-state index contributed by atoms with van der Waals surface area (Å²) in [7, 11) is 0. The Labute approximate surface area is 196 Å². The number of benzene rings is 2. The van der Waals surface area contributed by atoms with Crippen LogP contribution in [-0.2, 0) is 4.79 Å². The SMILES string of the molecule is O=C(NCCN1C(=O)S/C(=C\c2ccccc2F)C1=O)c1ccn(-c2cccc([N+](=O)[O-])c2)n1. The smallest absolute Gasteiger partial charge is 0.293 e. The summed E-state index contributed by atoms with van der Waals surface area (Å²) >= 11 is 0.700. The molecule has 0 spiro atoms. The molecule has 2 heterocycles. The summed E-state index contributed by atoms with van der Waals surface area (Å²) in [6.45, 7) is -0.0931. The Balaban J connectivity index is 1.36. The Bertz CT molecular complexity index is 1340. The zero-order valence-electron chi connectivity index (χ0n) is 17.4. The number of carbonyl (C=O) groups is 3. The van der Waals surface area contributed by atoms with E-state index in [1.165, 1.54) is 59.4 Å². The maximum absolute atomic E-state index is 13.8. The Hall–Kier alpha value is -4.32. The third-order valence-electron chi connectivity index (χ3n) is 4.81. The summed E-state index contributed by atoms with van der Waals surface area (Å²) < 4.78 is 15.2. The van der Waals surface area contributed by atoms with Crippen molar-refractivity contribution in [3.05, 3.63) is 92.9 Å². The normalized spacial score (nSPS) is 14.6. The predicted molar refractivity (Wildman–Crippen MR) is 122 cm³/mol. The van der Waals surface area contributed by atoms with E-state index in [1.807, 2.05) is 0 Å². The lowest BCUT2D eigenvalue weighted by atomic mass is 10.2. The van der Waals surface area contributed by atoms with E-state index in [-0.39, 0.29) is 34.9 Å². The Kier molecular flexibility index (Phi) is 6.50. The van der Waals surface area contributed by atoms with E-state index < -0.39 is 27.8 Å². The van der Waals surface area contributed by atoms with Crippen LogP contribution in [0.5, 0.6) is 0 Å². The predicted octanol–water partition coefficient (Wildman–Crippen LogP) is 3.39. The van der Waals surface area contributed by atoms with Gasteiger partial charge in [-0.1, -0.05) is 24.3 Å². The highest BCUT2D eigenvalue weighted by Crippen LogP contribution is 2.32. The van der Waals surface area contributed by atoms with Crippen molar-refractivity contribution in [1.29, 1.82) is 0 Å². The van der Waals surface area contributed by atoms with Gasteiger partial charge in [-0.15, -0.1) is 0 Å². The molecule has 0 bridgehead atoms. The minimum atomic E-state index is -0.567. The topological polar surface area (TPSA) is 127 Å². The highest BCUT2D eigenvalue weighted by atomic mass is 32.2. The first-order chi connectivity index (χ1) is 16.3. The van der Waals surface area contributed by atoms with Crippen LogP contribution in [0.4, 0.5) is 14.9 Å².